The molecule has 0 amide bonds. The van der Waals surface area contributed by atoms with Crippen molar-refractivity contribution in [3.05, 3.63) is 29.8 Å². The van der Waals surface area contributed by atoms with Gasteiger partial charge in [0.25, 0.3) is 0 Å². The summed E-state index contributed by atoms with van der Waals surface area (Å²) in [6.45, 7) is 2.55. The lowest BCUT2D eigenvalue weighted by Gasteiger charge is -2.24. The zero-order valence-corrected chi connectivity index (χ0v) is 11.3. The van der Waals surface area contributed by atoms with Crippen LogP contribution >= 0.6 is 0 Å². The van der Waals surface area contributed by atoms with Crippen LogP contribution in [0.5, 0.6) is 5.75 Å². The highest BCUT2D eigenvalue weighted by atomic mass is 16.5. The minimum Gasteiger partial charge on any atom is -0.491 e. The van der Waals surface area contributed by atoms with Gasteiger partial charge in [0.2, 0.25) is 0 Å². The van der Waals surface area contributed by atoms with E-state index in [0.29, 0.717) is 12.6 Å². The number of likely N-dealkylation sites (tertiary alicyclic amines) is 1. The minimum absolute atomic E-state index is 0.0329. The van der Waals surface area contributed by atoms with Gasteiger partial charge < -0.3 is 14.9 Å². The van der Waals surface area contributed by atoms with Crippen molar-refractivity contribution in [1.29, 1.82) is 0 Å². The zero-order valence-electron chi connectivity index (χ0n) is 11.3. The largest absolute Gasteiger partial charge is 0.491 e. The first-order valence-electron chi connectivity index (χ1n) is 7.01. The number of rotatable bonds is 7. The summed E-state index contributed by atoms with van der Waals surface area (Å²) in [5.74, 6) is 0.853. The molecule has 1 fully saturated rings. The van der Waals surface area contributed by atoms with Gasteiger partial charge >= 0.3 is 0 Å². The Bertz CT molecular complexity index is 383. The van der Waals surface area contributed by atoms with Crippen molar-refractivity contribution >= 4 is 0 Å². The van der Waals surface area contributed by atoms with Gasteiger partial charge in [0, 0.05) is 24.8 Å². The molecule has 0 aromatic heterocycles. The van der Waals surface area contributed by atoms with E-state index in [2.05, 4.69) is 11.0 Å². The molecule has 0 saturated carbocycles. The van der Waals surface area contributed by atoms with Crippen LogP contribution in [0.1, 0.15) is 24.8 Å². The number of para-hydroxylation sites is 1. The maximum Gasteiger partial charge on any atom is 0.123 e. The third-order valence-corrected chi connectivity index (χ3v) is 3.66. The summed E-state index contributed by atoms with van der Waals surface area (Å²) in [5, 5.41) is 18.0. The lowest BCUT2D eigenvalue weighted by Crippen LogP contribution is -2.29. The molecule has 1 heterocycles. The van der Waals surface area contributed by atoms with Gasteiger partial charge in [-0.3, -0.25) is 4.90 Å². The van der Waals surface area contributed by atoms with Crippen molar-refractivity contribution in [1.82, 2.24) is 4.90 Å². The van der Waals surface area contributed by atoms with E-state index in [4.69, 9.17) is 14.9 Å². The monoisotopic (exact) mass is 265 g/mol. The Morgan fingerprint density at radius 3 is 2.84 bits per heavy atom. The smallest absolute Gasteiger partial charge is 0.123 e. The standard InChI is InChI=1S/C15H23NO3/c17-9-7-14-5-3-8-16(14)12-13-4-1-2-6-15(13)19-11-10-18/h1-2,4,6,14,17-18H,3,5,7-12H2/t14-/m0/s1. The Labute approximate surface area is 114 Å². The van der Waals surface area contributed by atoms with Crippen LogP contribution in [0.3, 0.4) is 0 Å². The van der Waals surface area contributed by atoms with Crippen molar-refractivity contribution in [3.8, 4) is 5.75 Å². The summed E-state index contributed by atoms with van der Waals surface area (Å²) < 4.78 is 5.57. The first-order chi connectivity index (χ1) is 9.35. The van der Waals surface area contributed by atoms with Gasteiger partial charge in [-0.1, -0.05) is 18.2 Å². The van der Waals surface area contributed by atoms with Gasteiger partial charge in [-0.05, 0) is 31.9 Å². The Morgan fingerprint density at radius 1 is 1.21 bits per heavy atom. The van der Waals surface area contributed by atoms with Gasteiger partial charge in [-0.15, -0.1) is 0 Å². The van der Waals surface area contributed by atoms with E-state index in [9.17, 15) is 0 Å². The lowest BCUT2D eigenvalue weighted by molar-refractivity contribution is 0.181. The van der Waals surface area contributed by atoms with Crippen LogP contribution in [-0.4, -0.2) is 47.5 Å². The fraction of sp³-hybridized carbons (Fsp3) is 0.600. The fourth-order valence-electron chi connectivity index (χ4n) is 2.73. The number of benzene rings is 1. The van der Waals surface area contributed by atoms with Crippen molar-refractivity contribution in [2.24, 2.45) is 0 Å². The van der Waals surface area contributed by atoms with Gasteiger partial charge in [-0.2, -0.15) is 0 Å². The van der Waals surface area contributed by atoms with Gasteiger partial charge in [-0.25, -0.2) is 0 Å². The molecule has 1 aromatic carbocycles. The molecule has 106 valence electrons. The average Bonchev–Trinajstić information content (AvgIpc) is 2.86. The highest BCUT2D eigenvalue weighted by Crippen LogP contribution is 2.26. The Balaban J connectivity index is 2.01. The molecular weight excluding hydrogens is 242 g/mol. The van der Waals surface area contributed by atoms with Gasteiger partial charge in [0.1, 0.15) is 12.4 Å². The molecule has 0 radical (unpaired) electrons. The molecule has 4 nitrogen and oxygen atoms in total. The molecule has 1 saturated heterocycles. The molecule has 1 aromatic rings. The summed E-state index contributed by atoms with van der Waals surface area (Å²) in [5.41, 5.74) is 1.15. The molecule has 0 bridgehead atoms. The molecule has 2 rings (SSSR count). The second-order valence-corrected chi connectivity index (χ2v) is 4.96. The number of nitrogens with zero attached hydrogens (tertiary/aromatic N) is 1. The molecule has 19 heavy (non-hydrogen) atoms. The van der Waals surface area contributed by atoms with E-state index in [1.165, 1.54) is 12.8 Å². The predicted octanol–water partition coefficient (Wildman–Crippen LogP) is 1.40. The minimum atomic E-state index is 0.0329. The van der Waals surface area contributed by atoms with Gasteiger partial charge in [0.05, 0.1) is 6.61 Å². The van der Waals surface area contributed by atoms with E-state index < -0.39 is 0 Å². The molecule has 1 aliphatic heterocycles. The molecule has 0 aliphatic carbocycles. The summed E-state index contributed by atoms with van der Waals surface area (Å²) in [6.07, 6.45) is 3.21. The topological polar surface area (TPSA) is 52.9 Å². The zero-order chi connectivity index (χ0) is 13.5. The molecule has 0 spiro atoms. The van der Waals surface area contributed by atoms with Crippen molar-refractivity contribution in [3.63, 3.8) is 0 Å². The lowest BCUT2D eigenvalue weighted by atomic mass is 10.1. The number of aliphatic hydroxyl groups is 2. The third kappa shape index (κ3) is 3.93. The van der Waals surface area contributed by atoms with Gasteiger partial charge in [0.15, 0.2) is 0 Å². The Kier molecular flexibility index (Phi) is 5.63. The number of hydrogen-bond acceptors (Lipinski definition) is 4. The molecule has 0 unspecified atom stereocenters. The van der Waals surface area contributed by atoms with E-state index >= 15 is 0 Å². The maximum atomic E-state index is 9.10. The second-order valence-electron chi connectivity index (χ2n) is 4.96. The second kappa shape index (κ2) is 7.48. The average molecular weight is 265 g/mol. The third-order valence-electron chi connectivity index (χ3n) is 3.66. The molecule has 2 N–H and O–H groups in total. The van der Waals surface area contributed by atoms with Crippen LogP contribution < -0.4 is 4.74 Å². The fourth-order valence-corrected chi connectivity index (χ4v) is 2.73. The highest BCUT2D eigenvalue weighted by molar-refractivity contribution is 5.33. The molecular formula is C15H23NO3. The quantitative estimate of drug-likeness (QED) is 0.782. The number of aliphatic hydroxyl groups excluding tert-OH is 2. The Morgan fingerprint density at radius 2 is 2.05 bits per heavy atom. The van der Waals surface area contributed by atoms with Crippen LogP contribution in [0, 0.1) is 0 Å². The van der Waals surface area contributed by atoms with Crippen LogP contribution in [0.15, 0.2) is 24.3 Å². The summed E-state index contributed by atoms with van der Waals surface area (Å²) in [6, 6.07) is 8.46. The van der Waals surface area contributed by atoms with E-state index in [1.807, 2.05) is 18.2 Å². The Hall–Kier alpha value is -1.10. The highest BCUT2D eigenvalue weighted by Gasteiger charge is 2.24. The molecule has 1 atom stereocenters. The van der Waals surface area contributed by atoms with Crippen LogP contribution in [0.25, 0.3) is 0 Å². The van der Waals surface area contributed by atoms with Crippen molar-refractivity contribution in [2.75, 3.05) is 26.4 Å². The van der Waals surface area contributed by atoms with E-state index in [1.54, 1.807) is 0 Å². The summed E-state index contributed by atoms with van der Waals surface area (Å²) in [4.78, 5) is 2.41. The number of ether oxygens (including phenoxy) is 1. The van der Waals surface area contributed by atoms with Crippen LogP contribution in [0.4, 0.5) is 0 Å². The first kappa shape index (κ1) is 14.3. The normalized spacial score (nSPS) is 19.8. The van der Waals surface area contributed by atoms with Crippen molar-refractivity contribution in [2.45, 2.75) is 31.8 Å². The van der Waals surface area contributed by atoms with Crippen LogP contribution in [-0.2, 0) is 6.54 Å². The molecule has 1 aliphatic rings. The predicted molar refractivity (Wildman–Crippen MR) is 74.2 cm³/mol. The molecule has 4 heteroatoms. The maximum absolute atomic E-state index is 9.10. The van der Waals surface area contributed by atoms with E-state index in [0.717, 1.165) is 30.8 Å². The van der Waals surface area contributed by atoms with E-state index in [-0.39, 0.29) is 13.2 Å². The number of hydrogen-bond donors (Lipinski definition) is 2. The SMILES string of the molecule is OCCOc1ccccc1CN1CCC[C@H]1CCO. The first-order valence-corrected chi connectivity index (χ1v) is 7.01. The van der Waals surface area contributed by atoms with Crippen LogP contribution in [0.2, 0.25) is 0 Å². The van der Waals surface area contributed by atoms with Crippen molar-refractivity contribution < 1.29 is 14.9 Å². The summed E-state index contributed by atoms with van der Waals surface area (Å²) in [7, 11) is 0. The summed E-state index contributed by atoms with van der Waals surface area (Å²) >= 11 is 0.